The van der Waals surface area contributed by atoms with Gasteiger partial charge in [-0.25, -0.2) is 4.79 Å². The van der Waals surface area contributed by atoms with Crippen LogP contribution in [-0.2, 0) is 9.53 Å². The summed E-state index contributed by atoms with van der Waals surface area (Å²) in [5.41, 5.74) is 4.72. The van der Waals surface area contributed by atoms with Gasteiger partial charge in [0.05, 0.1) is 7.11 Å². The maximum absolute atomic E-state index is 11.1. The number of hydrogen-bond donors (Lipinski definition) is 2. The van der Waals surface area contributed by atoms with Crippen LogP contribution < -0.4 is 11.1 Å². The third kappa shape index (κ3) is 4.00. The number of hydrogen-bond acceptors (Lipinski definition) is 6. The molecule has 1 aromatic heterocycles. The largest absolute Gasteiger partial charge is 0.464 e. The van der Waals surface area contributed by atoms with E-state index in [2.05, 4.69) is 20.3 Å². The normalized spacial score (nSPS) is 10.8. The minimum absolute atomic E-state index is 0.121. The number of amides is 1. The molecule has 0 saturated carbocycles. The highest BCUT2D eigenvalue weighted by Crippen LogP contribution is 2.15. The molecular weight excluding hydrogens is 236 g/mol. The van der Waals surface area contributed by atoms with E-state index in [4.69, 9.17) is 5.73 Å². The maximum atomic E-state index is 11.1. The van der Waals surface area contributed by atoms with Crippen LogP contribution >= 0.6 is 0 Å². The van der Waals surface area contributed by atoms with E-state index in [0.29, 0.717) is 5.82 Å². The van der Waals surface area contributed by atoms with Gasteiger partial charge in [0.2, 0.25) is 5.91 Å². The first-order chi connectivity index (χ1) is 8.34. The zero-order valence-corrected chi connectivity index (χ0v) is 10.6. The van der Waals surface area contributed by atoms with Crippen LogP contribution in [0.4, 0.5) is 5.82 Å². The third-order valence-corrected chi connectivity index (χ3v) is 2.14. The predicted molar refractivity (Wildman–Crippen MR) is 64.9 cm³/mol. The number of nitrogens with two attached hydrogens (primary N) is 1. The van der Waals surface area contributed by atoms with Gasteiger partial charge in [-0.05, 0) is 26.0 Å². The Morgan fingerprint density at radius 2 is 2.06 bits per heavy atom. The van der Waals surface area contributed by atoms with Gasteiger partial charge in [-0.2, -0.15) is 0 Å². The molecule has 1 rings (SSSR count). The zero-order chi connectivity index (χ0) is 13.8. The van der Waals surface area contributed by atoms with Crippen molar-refractivity contribution in [1.82, 2.24) is 10.2 Å². The van der Waals surface area contributed by atoms with Gasteiger partial charge < -0.3 is 15.8 Å². The highest BCUT2D eigenvalue weighted by molar-refractivity contribution is 5.87. The molecule has 1 aromatic rings. The van der Waals surface area contributed by atoms with Crippen molar-refractivity contribution in [3.8, 4) is 0 Å². The summed E-state index contributed by atoms with van der Waals surface area (Å²) in [7, 11) is 1.27. The molecule has 7 nitrogen and oxygen atoms in total. The van der Waals surface area contributed by atoms with Crippen LogP contribution in [0.1, 0.15) is 30.8 Å². The molecule has 18 heavy (non-hydrogen) atoms. The van der Waals surface area contributed by atoms with Gasteiger partial charge in [-0.1, -0.05) is 0 Å². The number of carbonyl (C=O) groups is 2. The summed E-state index contributed by atoms with van der Waals surface area (Å²) in [5.74, 6) is -0.508. The molecule has 7 heteroatoms. The monoisotopic (exact) mass is 252 g/mol. The van der Waals surface area contributed by atoms with Crippen molar-refractivity contribution in [2.75, 3.05) is 12.4 Å². The van der Waals surface area contributed by atoms with E-state index < -0.39 is 17.4 Å². The number of anilines is 1. The molecule has 0 aromatic carbocycles. The molecular formula is C11H16N4O3. The van der Waals surface area contributed by atoms with Crippen molar-refractivity contribution in [1.29, 1.82) is 0 Å². The number of methoxy groups -OCH3 is 1. The Morgan fingerprint density at radius 1 is 1.39 bits per heavy atom. The van der Waals surface area contributed by atoms with Gasteiger partial charge in [-0.15, -0.1) is 10.2 Å². The number of nitrogens with zero attached hydrogens (tertiary/aromatic N) is 2. The van der Waals surface area contributed by atoms with Crippen molar-refractivity contribution in [3.63, 3.8) is 0 Å². The van der Waals surface area contributed by atoms with Crippen LogP contribution in [0.15, 0.2) is 12.1 Å². The summed E-state index contributed by atoms with van der Waals surface area (Å²) >= 11 is 0. The first-order valence-corrected chi connectivity index (χ1v) is 5.32. The standard InChI is InChI=1S/C11H16N4O3/c1-11(2,6-8(12)16)13-9-5-4-7(14-15-9)10(17)18-3/h4-5H,6H2,1-3H3,(H2,12,16)(H,13,15). The van der Waals surface area contributed by atoms with Crippen LogP contribution in [0.5, 0.6) is 0 Å². The SMILES string of the molecule is COC(=O)c1ccc(NC(C)(C)CC(N)=O)nn1. The fraction of sp³-hybridized carbons (Fsp3) is 0.455. The number of esters is 1. The van der Waals surface area contributed by atoms with Gasteiger partial charge in [0, 0.05) is 12.0 Å². The molecule has 0 aliphatic rings. The molecule has 0 unspecified atom stereocenters. The Bertz CT molecular complexity index is 442. The van der Waals surface area contributed by atoms with E-state index in [1.807, 2.05) is 13.8 Å². The Morgan fingerprint density at radius 3 is 2.50 bits per heavy atom. The molecule has 1 amide bonds. The molecule has 0 atom stereocenters. The van der Waals surface area contributed by atoms with E-state index in [-0.39, 0.29) is 12.1 Å². The first-order valence-electron chi connectivity index (χ1n) is 5.32. The Labute approximate surface area is 105 Å². The second-order valence-electron chi connectivity index (χ2n) is 4.45. The summed E-state index contributed by atoms with van der Waals surface area (Å²) in [4.78, 5) is 22.0. The lowest BCUT2D eigenvalue weighted by Crippen LogP contribution is -2.36. The van der Waals surface area contributed by atoms with E-state index in [1.165, 1.54) is 13.2 Å². The van der Waals surface area contributed by atoms with Crippen LogP contribution in [0.25, 0.3) is 0 Å². The second-order valence-corrected chi connectivity index (χ2v) is 4.45. The number of primary amides is 1. The highest BCUT2D eigenvalue weighted by Gasteiger charge is 2.21. The number of ether oxygens (including phenoxy) is 1. The molecule has 0 radical (unpaired) electrons. The zero-order valence-electron chi connectivity index (χ0n) is 10.6. The summed E-state index contributed by atoms with van der Waals surface area (Å²) in [5, 5.41) is 10.5. The molecule has 98 valence electrons. The Hall–Kier alpha value is -2.18. The summed E-state index contributed by atoms with van der Waals surface area (Å²) in [6.45, 7) is 3.63. The molecule has 1 heterocycles. The lowest BCUT2D eigenvalue weighted by atomic mass is 10.0. The molecule has 3 N–H and O–H groups in total. The fourth-order valence-corrected chi connectivity index (χ4v) is 1.44. The fourth-order valence-electron chi connectivity index (χ4n) is 1.44. The molecule has 0 aliphatic carbocycles. The van der Waals surface area contributed by atoms with Crippen LogP contribution in [0.3, 0.4) is 0 Å². The smallest absolute Gasteiger partial charge is 0.358 e. The van der Waals surface area contributed by atoms with E-state index in [1.54, 1.807) is 6.07 Å². The quantitative estimate of drug-likeness (QED) is 0.731. The minimum atomic E-state index is -0.551. The summed E-state index contributed by atoms with van der Waals surface area (Å²) < 4.78 is 4.51. The Kier molecular flexibility index (Phi) is 4.19. The van der Waals surface area contributed by atoms with Crippen LogP contribution in [0, 0.1) is 0 Å². The number of nitrogens with one attached hydrogen (secondary N) is 1. The second kappa shape index (κ2) is 5.44. The first kappa shape index (κ1) is 13.9. The van der Waals surface area contributed by atoms with Gasteiger partial charge in [0.1, 0.15) is 5.82 Å². The number of rotatable bonds is 5. The van der Waals surface area contributed by atoms with Gasteiger partial charge in [-0.3, -0.25) is 4.79 Å². The Balaban J connectivity index is 2.74. The molecule has 0 aliphatic heterocycles. The van der Waals surface area contributed by atoms with Crippen molar-refractivity contribution < 1.29 is 14.3 Å². The molecule has 0 bridgehead atoms. The lowest BCUT2D eigenvalue weighted by molar-refractivity contribution is -0.118. The van der Waals surface area contributed by atoms with Crippen molar-refractivity contribution in [2.45, 2.75) is 25.8 Å². The van der Waals surface area contributed by atoms with Gasteiger partial charge in [0.15, 0.2) is 5.69 Å². The average molecular weight is 252 g/mol. The van der Waals surface area contributed by atoms with Crippen LogP contribution in [0.2, 0.25) is 0 Å². The lowest BCUT2D eigenvalue weighted by Gasteiger charge is -2.24. The molecule has 0 saturated heterocycles. The highest BCUT2D eigenvalue weighted by atomic mass is 16.5. The maximum Gasteiger partial charge on any atom is 0.358 e. The van der Waals surface area contributed by atoms with Gasteiger partial charge in [0.25, 0.3) is 0 Å². The summed E-state index contributed by atoms with van der Waals surface area (Å²) in [6.07, 6.45) is 0.160. The van der Waals surface area contributed by atoms with E-state index >= 15 is 0 Å². The number of aromatic nitrogens is 2. The predicted octanol–water partition coefficient (Wildman–Crippen LogP) is 0.329. The summed E-state index contributed by atoms with van der Waals surface area (Å²) in [6, 6.07) is 3.07. The topological polar surface area (TPSA) is 107 Å². The number of carbonyl (C=O) groups excluding carboxylic acids is 2. The van der Waals surface area contributed by atoms with E-state index in [9.17, 15) is 9.59 Å². The average Bonchev–Trinajstić information content (AvgIpc) is 2.26. The van der Waals surface area contributed by atoms with E-state index in [0.717, 1.165) is 0 Å². The van der Waals surface area contributed by atoms with Gasteiger partial charge >= 0.3 is 5.97 Å². The third-order valence-electron chi connectivity index (χ3n) is 2.14. The van der Waals surface area contributed by atoms with Crippen LogP contribution in [-0.4, -0.2) is 34.7 Å². The van der Waals surface area contributed by atoms with Crippen molar-refractivity contribution in [2.24, 2.45) is 5.73 Å². The van der Waals surface area contributed by atoms with Crippen molar-refractivity contribution in [3.05, 3.63) is 17.8 Å². The van der Waals surface area contributed by atoms with Crippen molar-refractivity contribution >= 4 is 17.7 Å². The molecule has 0 spiro atoms. The minimum Gasteiger partial charge on any atom is -0.464 e. The molecule has 0 fully saturated rings.